The lowest BCUT2D eigenvalue weighted by atomic mass is 10.0. The molecule has 0 aliphatic rings. The lowest BCUT2D eigenvalue weighted by molar-refractivity contribution is 0.0979. The van der Waals surface area contributed by atoms with Crippen LogP contribution in [0.4, 0.5) is 5.69 Å². The van der Waals surface area contributed by atoms with Crippen LogP contribution in [0.2, 0.25) is 0 Å². The third kappa shape index (κ3) is 3.69. The lowest BCUT2D eigenvalue weighted by Gasteiger charge is -2.04. The van der Waals surface area contributed by atoms with Gasteiger partial charge in [-0.2, -0.15) is 0 Å². The van der Waals surface area contributed by atoms with Crippen LogP contribution in [0, 0.1) is 6.92 Å². The number of carbonyl (C=O) groups excluding carboxylic acids is 1. The molecule has 0 aromatic heterocycles. The standard InChI is InChI=1S/C14H21NO/c1-3-4-5-6-7-14(16)12-8-9-13(15)11(2)10-12/h8-10H,3-7,15H2,1-2H3. The maximum absolute atomic E-state index is 11.8. The number of aryl methyl sites for hydroxylation is 1. The Morgan fingerprint density at radius 2 is 2.00 bits per heavy atom. The van der Waals surface area contributed by atoms with Gasteiger partial charge in [0.25, 0.3) is 0 Å². The zero-order valence-corrected chi connectivity index (χ0v) is 10.3. The summed E-state index contributed by atoms with van der Waals surface area (Å²) in [7, 11) is 0. The fourth-order valence-electron chi connectivity index (χ4n) is 1.71. The van der Waals surface area contributed by atoms with Gasteiger partial charge in [-0.1, -0.05) is 26.2 Å². The number of Topliss-reactive ketones (excluding diaryl/α,β-unsaturated/α-hetero) is 1. The van der Waals surface area contributed by atoms with E-state index in [9.17, 15) is 4.79 Å². The van der Waals surface area contributed by atoms with Crippen molar-refractivity contribution in [3.63, 3.8) is 0 Å². The molecular formula is C14H21NO. The Bertz CT molecular complexity index is 358. The normalized spacial score (nSPS) is 10.4. The summed E-state index contributed by atoms with van der Waals surface area (Å²) in [5.41, 5.74) is 8.25. The van der Waals surface area contributed by atoms with Gasteiger partial charge in [0.15, 0.2) is 5.78 Å². The third-order valence-electron chi connectivity index (χ3n) is 2.85. The Morgan fingerprint density at radius 3 is 2.62 bits per heavy atom. The predicted octanol–water partition coefficient (Wildman–Crippen LogP) is 3.73. The van der Waals surface area contributed by atoms with E-state index in [1.54, 1.807) is 0 Å². The van der Waals surface area contributed by atoms with Gasteiger partial charge in [0.1, 0.15) is 0 Å². The van der Waals surface area contributed by atoms with E-state index in [1.165, 1.54) is 12.8 Å². The van der Waals surface area contributed by atoms with Crippen molar-refractivity contribution in [3.05, 3.63) is 29.3 Å². The summed E-state index contributed by atoms with van der Waals surface area (Å²) in [6, 6.07) is 5.52. The van der Waals surface area contributed by atoms with Crippen LogP contribution in [0.25, 0.3) is 0 Å². The Hall–Kier alpha value is -1.31. The number of ketones is 1. The molecule has 0 spiro atoms. The first-order valence-electron chi connectivity index (χ1n) is 6.04. The van der Waals surface area contributed by atoms with Crippen molar-refractivity contribution in [1.29, 1.82) is 0 Å². The quantitative estimate of drug-likeness (QED) is 0.450. The SMILES string of the molecule is CCCCCCC(=O)c1ccc(N)c(C)c1. The smallest absolute Gasteiger partial charge is 0.162 e. The highest BCUT2D eigenvalue weighted by Crippen LogP contribution is 2.15. The van der Waals surface area contributed by atoms with E-state index in [2.05, 4.69) is 6.92 Å². The van der Waals surface area contributed by atoms with Crippen molar-refractivity contribution in [2.75, 3.05) is 5.73 Å². The number of carbonyl (C=O) groups is 1. The molecule has 0 radical (unpaired) electrons. The molecule has 0 saturated carbocycles. The van der Waals surface area contributed by atoms with Gasteiger partial charge in [0, 0.05) is 17.7 Å². The molecule has 1 aromatic carbocycles. The first-order chi connectivity index (χ1) is 7.65. The molecule has 16 heavy (non-hydrogen) atoms. The summed E-state index contributed by atoms with van der Waals surface area (Å²) in [4.78, 5) is 11.8. The number of benzene rings is 1. The van der Waals surface area contributed by atoms with Gasteiger partial charge < -0.3 is 5.73 Å². The molecule has 2 nitrogen and oxygen atoms in total. The summed E-state index contributed by atoms with van der Waals surface area (Å²) >= 11 is 0. The van der Waals surface area contributed by atoms with Crippen LogP contribution in [0.5, 0.6) is 0 Å². The molecule has 2 heteroatoms. The van der Waals surface area contributed by atoms with Crippen molar-refractivity contribution < 1.29 is 4.79 Å². The summed E-state index contributed by atoms with van der Waals surface area (Å²) in [6.07, 6.45) is 5.22. The summed E-state index contributed by atoms with van der Waals surface area (Å²) in [6.45, 7) is 4.11. The lowest BCUT2D eigenvalue weighted by Crippen LogP contribution is -2.00. The second-order valence-corrected chi connectivity index (χ2v) is 4.31. The number of hydrogen-bond donors (Lipinski definition) is 1. The molecule has 0 unspecified atom stereocenters. The molecule has 0 aliphatic heterocycles. The largest absolute Gasteiger partial charge is 0.399 e. The molecule has 0 fully saturated rings. The van der Waals surface area contributed by atoms with Crippen LogP contribution in [-0.2, 0) is 0 Å². The first kappa shape index (κ1) is 12.8. The molecule has 0 amide bonds. The van der Waals surface area contributed by atoms with E-state index in [0.717, 1.165) is 29.7 Å². The van der Waals surface area contributed by atoms with E-state index < -0.39 is 0 Å². The maximum atomic E-state index is 11.8. The van der Waals surface area contributed by atoms with Gasteiger partial charge in [-0.15, -0.1) is 0 Å². The number of anilines is 1. The summed E-state index contributed by atoms with van der Waals surface area (Å²) in [5, 5.41) is 0. The molecule has 0 heterocycles. The van der Waals surface area contributed by atoms with Gasteiger partial charge in [0.2, 0.25) is 0 Å². The number of nitrogen functional groups attached to an aromatic ring is 1. The number of unbranched alkanes of at least 4 members (excludes halogenated alkanes) is 3. The summed E-state index contributed by atoms with van der Waals surface area (Å²) in [5.74, 6) is 0.235. The average molecular weight is 219 g/mol. The van der Waals surface area contributed by atoms with Gasteiger partial charge in [-0.25, -0.2) is 0 Å². The highest BCUT2D eigenvalue weighted by atomic mass is 16.1. The highest BCUT2D eigenvalue weighted by molar-refractivity contribution is 5.96. The Morgan fingerprint density at radius 1 is 1.25 bits per heavy atom. The van der Waals surface area contributed by atoms with Crippen LogP contribution in [0.1, 0.15) is 54.9 Å². The summed E-state index contributed by atoms with van der Waals surface area (Å²) < 4.78 is 0. The number of hydrogen-bond acceptors (Lipinski definition) is 2. The van der Waals surface area contributed by atoms with Crippen molar-refractivity contribution in [2.45, 2.75) is 46.0 Å². The van der Waals surface area contributed by atoms with Crippen molar-refractivity contribution in [3.8, 4) is 0 Å². The Balaban J connectivity index is 2.50. The Labute approximate surface area is 97.9 Å². The van der Waals surface area contributed by atoms with Crippen LogP contribution < -0.4 is 5.73 Å². The third-order valence-corrected chi connectivity index (χ3v) is 2.85. The molecule has 0 bridgehead atoms. The zero-order chi connectivity index (χ0) is 12.0. The number of nitrogens with two attached hydrogens (primary N) is 1. The van der Waals surface area contributed by atoms with E-state index >= 15 is 0 Å². The van der Waals surface area contributed by atoms with Crippen LogP contribution in [0.3, 0.4) is 0 Å². The van der Waals surface area contributed by atoms with Gasteiger partial charge in [0.05, 0.1) is 0 Å². The van der Waals surface area contributed by atoms with Crippen molar-refractivity contribution >= 4 is 11.5 Å². The van der Waals surface area contributed by atoms with Gasteiger partial charge in [-0.3, -0.25) is 4.79 Å². The van der Waals surface area contributed by atoms with E-state index in [0.29, 0.717) is 6.42 Å². The van der Waals surface area contributed by atoms with Crippen LogP contribution in [-0.4, -0.2) is 5.78 Å². The molecule has 2 N–H and O–H groups in total. The Kier molecular flexibility index (Phi) is 5.03. The second kappa shape index (κ2) is 6.31. The minimum atomic E-state index is 0.235. The minimum Gasteiger partial charge on any atom is -0.399 e. The topological polar surface area (TPSA) is 43.1 Å². The minimum absolute atomic E-state index is 0.235. The first-order valence-corrected chi connectivity index (χ1v) is 6.04. The molecule has 0 aliphatic carbocycles. The monoisotopic (exact) mass is 219 g/mol. The number of rotatable bonds is 6. The average Bonchev–Trinajstić information content (AvgIpc) is 2.28. The highest BCUT2D eigenvalue weighted by Gasteiger charge is 2.06. The zero-order valence-electron chi connectivity index (χ0n) is 10.3. The maximum Gasteiger partial charge on any atom is 0.162 e. The van der Waals surface area contributed by atoms with E-state index in [1.807, 2.05) is 25.1 Å². The van der Waals surface area contributed by atoms with E-state index in [4.69, 9.17) is 5.73 Å². The van der Waals surface area contributed by atoms with Crippen molar-refractivity contribution in [1.82, 2.24) is 0 Å². The van der Waals surface area contributed by atoms with Gasteiger partial charge in [-0.05, 0) is 37.1 Å². The fraction of sp³-hybridized carbons (Fsp3) is 0.500. The van der Waals surface area contributed by atoms with Gasteiger partial charge >= 0.3 is 0 Å². The fourth-order valence-corrected chi connectivity index (χ4v) is 1.71. The van der Waals surface area contributed by atoms with E-state index in [-0.39, 0.29) is 5.78 Å². The molecular weight excluding hydrogens is 198 g/mol. The predicted molar refractivity (Wildman–Crippen MR) is 68.7 cm³/mol. The van der Waals surface area contributed by atoms with Crippen LogP contribution in [0.15, 0.2) is 18.2 Å². The molecule has 88 valence electrons. The second-order valence-electron chi connectivity index (χ2n) is 4.31. The van der Waals surface area contributed by atoms with Crippen molar-refractivity contribution in [2.24, 2.45) is 0 Å². The molecule has 0 saturated heterocycles. The molecule has 1 aromatic rings. The molecule has 1 rings (SSSR count). The molecule has 0 atom stereocenters. The van der Waals surface area contributed by atoms with Crippen LogP contribution >= 0.6 is 0 Å².